The molecule has 20 heavy (non-hydrogen) atoms. The Labute approximate surface area is 123 Å². The molecule has 2 heterocycles. The normalized spacial score (nSPS) is 18.8. The second-order valence-electron chi connectivity index (χ2n) is 5.22. The zero-order valence-corrected chi connectivity index (χ0v) is 12.6. The molecule has 1 aromatic rings. The summed E-state index contributed by atoms with van der Waals surface area (Å²) < 4.78 is 0.316. The second kappa shape index (κ2) is 4.73. The molecule has 1 N–H and O–H groups in total. The Hall–Kier alpha value is -1.63. The van der Waals surface area contributed by atoms with E-state index in [0.29, 0.717) is 28.4 Å². The second-order valence-corrected chi connectivity index (χ2v) is 6.08. The van der Waals surface area contributed by atoms with Crippen molar-refractivity contribution in [3.05, 3.63) is 32.2 Å². The summed E-state index contributed by atoms with van der Waals surface area (Å²) in [5, 5.41) is 0. The first kappa shape index (κ1) is 13.4. The minimum Gasteiger partial charge on any atom is -0.325 e. The number of hydrogen-bond acceptors (Lipinski definition) is 3. The molecule has 7 heteroatoms. The third-order valence-corrected chi connectivity index (χ3v) is 4.26. The number of rotatable bonds is 2. The molecule has 0 bridgehead atoms. The maximum absolute atomic E-state index is 12.5. The van der Waals surface area contributed by atoms with Crippen molar-refractivity contribution in [2.75, 3.05) is 13.2 Å². The average molecular weight is 340 g/mol. The van der Waals surface area contributed by atoms with Crippen LogP contribution in [0.5, 0.6) is 0 Å². The van der Waals surface area contributed by atoms with Crippen molar-refractivity contribution in [2.45, 2.75) is 25.8 Å². The molecule has 0 aromatic carbocycles. The number of nitrogens with one attached hydrogen (secondary N) is 1. The topological polar surface area (TPSA) is 73.5 Å². The van der Waals surface area contributed by atoms with Crippen molar-refractivity contribution in [1.82, 2.24) is 14.8 Å². The van der Waals surface area contributed by atoms with Gasteiger partial charge in [0.15, 0.2) is 0 Å². The van der Waals surface area contributed by atoms with E-state index in [1.807, 2.05) is 0 Å². The van der Waals surface area contributed by atoms with Crippen LogP contribution in [-0.2, 0) is 4.79 Å². The fraction of sp³-hybridized carbons (Fsp3) is 0.462. The van der Waals surface area contributed by atoms with Gasteiger partial charge in [-0.3, -0.25) is 14.4 Å². The van der Waals surface area contributed by atoms with E-state index >= 15 is 0 Å². The maximum atomic E-state index is 12.5. The standard InChI is InChI=1S/C13H14BrN3O3/c1-7-9(4-10(14)12(19)15-7)13(20)16-5-11(18)17(6-16)8-2-3-8/h4,8H,2-3,5-6H2,1H3,(H,15,19). The molecule has 0 spiro atoms. The van der Waals surface area contributed by atoms with Crippen LogP contribution in [0.4, 0.5) is 0 Å². The number of aryl methyl sites for hydroxylation is 1. The van der Waals surface area contributed by atoms with Gasteiger partial charge < -0.3 is 14.8 Å². The van der Waals surface area contributed by atoms with Crippen LogP contribution in [0.15, 0.2) is 15.3 Å². The van der Waals surface area contributed by atoms with Crippen LogP contribution in [0, 0.1) is 6.92 Å². The Bertz CT molecular complexity index is 651. The van der Waals surface area contributed by atoms with E-state index < -0.39 is 0 Å². The lowest BCUT2D eigenvalue weighted by atomic mass is 10.2. The number of halogens is 1. The predicted molar refractivity (Wildman–Crippen MR) is 75.3 cm³/mol. The highest BCUT2D eigenvalue weighted by atomic mass is 79.9. The average Bonchev–Trinajstić information content (AvgIpc) is 3.16. The number of pyridine rings is 1. The van der Waals surface area contributed by atoms with E-state index in [-0.39, 0.29) is 23.9 Å². The number of aromatic amines is 1. The summed E-state index contributed by atoms with van der Waals surface area (Å²) >= 11 is 3.12. The maximum Gasteiger partial charge on any atom is 0.262 e. The summed E-state index contributed by atoms with van der Waals surface area (Å²) in [5.74, 6) is -0.224. The number of amides is 2. The van der Waals surface area contributed by atoms with Crippen molar-refractivity contribution in [3.63, 3.8) is 0 Å². The van der Waals surface area contributed by atoms with Gasteiger partial charge >= 0.3 is 0 Å². The van der Waals surface area contributed by atoms with Gasteiger partial charge in [-0.15, -0.1) is 0 Å². The SMILES string of the molecule is Cc1[nH]c(=O)c(Br)cc1C(=O)N1CC(=O)N(C2CC2)C1. The van der Waals surface area contributed by atoms with Gasteiger partial charge in [-0.1, -0.05) is 0 Å². The molecule has 2 aliphatic rings. The fourth-order valence-electron chi connectivity index (χ4n) is 2.40. The largest absolute Gasteiger partial charge is 0.325 e. The van der Waals surface area contributed by atoms with E-state index in [2.05, 4.69) is 20.9 Å². The van der Waals surface area contributed by atoms with Crippen molar-refractivity contribution >= 4 is 27.7 Å². The highest BCUT2D eigenvalue weighted by Crippen LogP contribution is 2.29. The lowest BCUT2D eigenvalue weighted by molar-refractivity contribution is -0.127. The van der Waals surface area contributed by atoms with Gasteiger partial charge in [0, 0.05) is 11.7 Å². The molecule has 0 atom stereocenters. The number of aromatic nitrogens is 1. The molecule has 1 aliphatic heterocycles. The first-order valence-electron chi connectivity index (χ1n) is 6.45. The van der Waals surface area contributed by atoms with Gasteiger partial charge in [-0.2, -0.15) is 0 Å². The number of nitrogens with zero attached hydrogens (tertiary/aromatic N) is 2. The van der Waals surface area contributed by atoms with E-state index in [9.17, 15) is 14.4 Å². The molecule has 1 aromatic heterocycles. The Balaban J connectivity index is 1.84. The molecule has 106 valence electrons. The predicted octanol–water partition coefficient (Wildman–Crippen LogP) is 0.850. The van der Waals surface area contributed by atoms with Crippen molar-refractivity contribution in [3.8, 4) is 0 Å². The highest BCUT2D eigenvalue weighted by molar-refractivity contribution is 9.10. The number of hydrogen-bond donors (Lipinski definition) is 1. The Morgan fingerprint density at radius 1 is 1.40 bits per heavy atom. The van der Waals surface area contributed by atoms with Gasteiger partial charge in [-0.05, 0) is 41.8 Å². The van der Waals surface area contributed by atoms with Gasteiger partial charge in [0.25, 0.3) is 11.5 Å². The zero-order valence-electron chi connectivity index (χ0n) is 11.0. The van der Waals surface area contributed by atoms with E-state index in [4.69, 9.17) is 0 Å². The minimum atomic E-state index is -0.267. The molecule has 2 amide bonds. The Kier molecular flexibility index (Phi) is 3.16. The summed E-state index contributed by atoms with van der Waals surface area (Å²) in [5.41, 5.74) is 0.665. The van der Waals surface area contributed by atoms with Crippen LogP contribution in [0.25, 0.3) is 0 Å². The summed E-state index contributed by atoms with van der Waals surface area (Å²) in [6, 6.07) is 1.82. The first-order valence-corrected chi connectivity index (χ1v) is 7.25. The molecule has 2 fully saturated rings. The van der Waals surface area contributed by atoms with Crippen LogP contribution in [0.2, 0.25) is 0 Å². The number of carbonyl (C=O) groups is 2. The first-order chi connectivity index (χ1) is 9.47. The van der Waals surface area contributed by atoms with Crippen LogP contribution in [0.1, 0.15) is 28.9 Å². The Morgan fingerprint density at radius 2 is 2.10 bits per heavy atom. The lowest BCUT2D eigenvalue weighted by Gasteiger charge is -2.18. The molecular formula is C13H14BrN3O3. The molecular weight excluding hydrogens is 326 g/mol. The van der Waals surface area contributed by atoms with Gasteiger partial charge in [0.2, 0.25) is 5.91 Å². The van der Waals surface area contributed by atoms with Crippen LogP contribution < -0.4 is 5.56 Å². The molecule has 0 unspecified atom stereocenters. The van der Waals surface area contributed by atoms with Crippen molar-refractivity contribution in [2.24, 2.45) is 0 Å². The number of H-pyrrole nitrogens is 1. The summed E-state index contributed by atoms with van der Waals surface area (Å²) in [6.07, 6.45) is 2.05. The third-order valence-electron chi connectivity index (χ3n) is 3.67. The molecule has 0 radical (unpaired) electrons. The monoisotopic (exact) mass is 339 g/mol. The summed E-state index contributed by atoms with van der Waals surface area (Å²) in [6.45, 7) is 2.14. The molecule has 1 saturated heterocycles. The minimum absolute atomic E-state index is 0.00185. The smallest absolute Gasteiger partial charge is 0.262 e. The lowest BCUT2D eigenvalue weighted by Crippen LogP contribution is -2.33. The zero-order chi connectivity index (χ0) is 14.4. The fourth-order valence-corrected chi connectivity index (χ4v) is 2.73. The van der Waals surface area contributed by atoms with Crippen LogP contribution >= 0.6 is 15.9 Å². The molecule has 6 nitrogen and oxygen atoms in total. The third kappa shape index (κ3) is 2.26. The quantitative estimate of drug-likeness (QED) is 0.868. The van der Waals surface area contributed by atoms with Crippen molar-refractivity contribution < 1.29 is 9.59 Å². The van der Waals surface area contributed by atoms with E-state index in [1.165, 1.54) is 11.0 Å². The van der Waals surface area contributed by atoms with Gasteiger partial charge in [-0.25, -0.2) is 0 Å². The van der Waals surface area contributed by atoms with E-state index in [0.717, 1.165) is 12.8 Å². The van der Waals surface area contributed by atoms with Gasteiger partial charge in [0.05, 0.1) is 16.7 Å². The Morgan fingerprint density at radius 3 is 2.75 bits per heavy atom. The number of carbonyl (C=O) groups excluding carboxylic acids is 2. The van der Waals surface area contributed by atoms with Crippen LogP contribution in [-0.4, -0.2) is 45.9 Å². The highest BCUT2D eigenvalue weighted by Gasteiger charge is 2.40. The van der Waals surface area contributed by atoms with Gasteiger partial charge in [0.1, 0.15) is 6.54 Å². The molecule has 1 saturated carbocycles. The molecule has 3 rings (SSSR count). The van der Waals surface area contributed by atoms with Crippen LogP contribution in [0.3, 0.4) is 0 Å². The summed E-state index contributed by atoms with van der Waals surface area (Å²) in [4.78, 5) is 41.7. The molecule has 1 aliphatic carbocycles. The summed E-state index contributed by atoms with van der Waals surface area (Å²) in [7, 11) is 0. The van der Waals surface area contributed by atoms with E-state index in [1.54, 1.807) is 11.8 Å². The van der Waals surface area contributed by atoms with Crippen molar-refractivity contribution in [1.29, 1.82) is 0 Å².